The Morgan fingerprint density at radius 2 is 1.85 bits per heavy atom. The summed E-state index contributed by atoms with van der Waals surface area (Å²) >= 11 is 5.63. The number of carbonyl (C=O) groups excluding carboxylic acids is 2. The maximum atomic E-state index is 13.6. The molecule has 6 nitrogen and oxygen atoms in total. The van der Waals surface area contributed by atoms with Crippen LogP contribution in [0.25, 0.3) is 6.08 Å². The van der Waals surface area contributed by atoms with Gasteiger partial charge in [-0.25, -0.2) is 9.18 Å². The first-order valence-corrected chi connectivity index (χ1v) is 8.12. The van der Waals surface area contributed by atoms with Crippen LogP contribution in [0.3, 0.4) is 0 Å². The molecule has 0 radical (unpaired) electrons. The van der Waals surface area contributed by atoms with Crippen LogP contribution in [0.5, 0.6) is 11.5 Å². The molecule has 0 saturated carbocycles. The summed E-state index contributed by atoms with van der Waals surface area (Å²) < 4.78 is 28.7. The average molecular weight is 394 g/mol. The van der Waals surface area contributed by atoms with Gasteiger partial charge in [0.1, 0.15) is 5.82 Å². The predicted octanol–water partition coefficient (Wildman–Crippen LogP) is 3.69. The molecule has 0 unspecified atom stereocenters. The van der Waals surface area contributed by atoms with Gasteiger partial charge in [0.25, 0.3) is 5.91 Å². The molecule has 0 spiro atoms. The van der Waals surface area contributed by atoms with Crippen LogP contribution in [0.1, 0.15) is 5.56 Å². The normalized spacial score (nSPS) is 10.5. The minimum Gasteiger partial charge on any atom is -0.493 e. The number of anilines is 1. The molecule has 0 bridgehead atoms. The van der Waals surface area contributed by atoms with E-state index in [2.05, 4.69) is 5.32 Å². The van der Waals surface area contributed by atoms with Gasteiger partial charge in [0.2, 0.25) is 0 Å². The Kier molecular flexibility index (Phi) is 7.19. The topological polar surface area (TPSA) is 73.9 Å². The molecule has 27 heavy (non-hydrogen) atoms. The van der Waals surface area contributed by atoms with Crippen molar-refractivity contribution in [3.05, 3.63) is 58.9 Å². The van der Waals surface area contributed by atoms with Crippen molar-refractivity contribution in [2.75, 3.05) is 26.1 Å². The molecule has 0 aliphatic heterocycles. The molecule has 1 amide bonds. The lowest BCUT2D eigenvalue weighted by atomic mass is 10.2. The summed E-state index contributed by atoms with van der Waals surface area (Å²) in [5.74, 6) is -1.02. The van der Waals surface area contributed by atoms with Crippen molar-refractivity contribution in [2.24, 2.45) is 0 Å². The number of esters is 1. The van der Waals surface area contributed by atoms with E-state index in [1.165, 1.54) is 32.4 Å². The number of halogens is 2. The van der Waals surface area contributed by atoms with Gasteiger partial charge in [0.15, 0.2) is 18.1 Å². The number of nitrogens with one attached hydrogen (secondary N) is 1. The third kappa shape index (κ3) is 6.00. The van der Waals surface area contributed by atoms with Gasteiger partial charge in [-0.1, -0.05) is 17.7 Å². The molecule has 0 heterocycles. The van der Waals surface area contributed by atoms with Crippen LogP contribution in [0.15, 0.2) is 42.5 Å². The van der Waals surface area contributed by atoms with Crippen LogP contribution < -0.4 is 14.8 Å². The van der Waals surface area contributed by atoms with Crippen molar-refractivity contribution >= 4 is 35.2 Å². The maximum Gasteiger partial charge on any atom is 0.331 e. The first-order valence-electron chi connectivity index (χ1n) is 7.74. The zero-order valence-electron chi connectivity index (χ0n) is 14.6. The van der Waals surface area contributed by atoms with E-state index in [-0.39, 0.29) is 10.7 Å². The van der Waals surface area contributed by atoms with E-state index < -0.39 is 24.3 Å². The number of amides is 1. The van der Waals surface area contributed by atoms with Crippen LogP contribution in [0, 0.1) is 5.82 Å². The van der Waals surface area contributed by atoms with E-state index >= 15 is 0 Å². The highest BCUT2D eigenvalue weighted by Gasteiger charge is 2.09. The summed E-state index contributed by atoms with van der Waals surface area (Å²) in [6, 6.07) is 8.90. The predicted molar refractivity (Wildman–Crippen MR) is 99.6 cm³/mol. The van der Waals surface area contributed by atoms with E-state index in [1.807, 2.05) is 0 Å². The van der Waals surface area contributed by atoms with Gasteiger partial charge in [-0.15, -0.1) is 0 Å². The van der Waals surface area contributed by atoms with E-state index in [0.717, 1.165) is 12.1 Å². The largest absolute Gasteiger partial charge is 0.493 e. The average Bonchev–Trinajstić information content (AvgIpc) is 2.66. The van der Waals surface area contributed by atoms with E-state index in [0.29, 0.717) is 17.1 Å². The van der Waals surface area contributed by atoms with Crippen molar-refractivity contribution in [1.29, 1.82) is 0 Å². The summed E-state index contributed by atoms with van der Waals surface area (Å²) in [6.07, 6.45) is 2.67. The second-order valence-electron chi connectivity index (χ2n) is 5.23. The SMILES string of the molecule is COc1ccc(C=CC(=O)OCC(=O)Nc2ccc(Cl)cc2F)cc1OC. The Hall–Kier alpha value is -3.06. The second kappa shape index (κ2) is 9.59. The Morgan fingerprint density at radius 1 is 1.11 bits per heavy atom. The molecular weight excluding hydrogens is 377 g/mol. The van der Waals surface area contributed by atoms with Gasteiger partial charge in [0.05, 0.1) is 19.9 Å². The number of ether oxygens (including phenoxy) is 3. The van der Waals surface area contributed by atoms with Gasteiger partial charge in [-0.05, 0) is 42.0 Å². The molecule has 0 fully saturated rings. The second-order valence-corrected chi connectivity index (χ2v) is 5.66. The van der Waals surface area contributed by atoms with Crippen LogP contribution in [-0.2, 0) is 14.3 Å². The van der Waals surface area contributed by atoms with E-state index in [9.17, 15) is 14.0 Å². The van der Waals surface area contributed by atoms with Crippen LogP contribution in [0.4, 0.5) is 10.1 Å². The van der Waals surface area contributed by atoms with Crippen LogP contribution >= 0.6 is 11.6 Å². The molecular formula is C19H17ClFNO5. The Labute approximate surface area is 160 Å². The van der Waals surface area contributed by atoms with Crippen molar-refractivity contribution in [1.82, 2.24) is 0 Å². The number of carbonyl (C=O) groups is 2. The summed E-state index contributed by atoms with van der Waals surface area (Å²) in [6.45, 7) is -0.558. The summed E-state index contributed by atoms with van der Waals surface area (Å²) in [7, 11) is 3.02. The highest BCUT2D eigenvalue weighted by atomic mass is 35.5. The molecule has 2 aromatic carbocycles. The van der Waals surface area contributed by atoms with Crippen molar-refractivity contribution in [3.63, 3.8) is 0 Å². The zero-order valence-corrected chi connectivity index (χ0v) is 15.4. The summed E-state index contributed by atoms with van der Waals surface area (Å²) in [5, 5.41) is 2.50. The number of hydrogen-bond donors (Lipinski definition) is 1. The fourth-order valence-electron chi connectivity index (χ4n) is 2.08. The summed E-state index contributed by atoms with van der Waals surface area (Å²) in [4.78, 5) is 23.5. The minimum absolute atomic E-state index is 0.0543. The Balaban J connectivity index is 1.88. The van der Waals surface area contributed by atoms with Crippen LogP contribution in [-0.4, -0.2) is 32.7 Å². The molecule has 8 heteroatoms. The Morgan fingerprint density at radius 3 is 2.52 bits per heavy atom. The van der Waals surface area contributed by atoms with Gasteiger partial charge in [-0.2, -0.15) is 0 Å². The smallest absolute Gasteiger partial charge is 0.331 e. The van der Waals surface area contributed by atoms with Gasteiger partial charge in [-0.3, -0.25) is 4.79 Å². The highest BCUT2D eigenvalue weighted by molar-refractivity contribution is 6.30. The monoisotopic (exact) mass is 393 g/mol. The molecule has 0 atom stereocenters. The lowest BCUT2D eigenvalue weighted by molar-refractivity contribution is -0.142. The molecule has 0 aromatic heterocycles. The van der Waals surface area contributed by atoms with Crippen LogP contribution in [0.2, 0.25) is 5.02 Å². The first-order chi connectivity index (χ1) is 12.9. The van der Waals surface area contributed by atoms with E-state index in [4.69, 9.17) is 25.8 Å². The third-order valence-electron chi connectivity index (χ3n) is 3.37. The van der Waals surface area contributed by atoms with Gasteiger partial charge < -0.3 is 19.5 Å². The maximum absolute atomic E-state index is 13.6. The quantitative estimate of drug-likeness (QED) is 0.573. The lowest BCUT2D eigenvalue weighted by Crippen LogP contribution is -2.20. The number of methoxy groups -OCH3 is 2. The fourth-order valence-corrected chi connectivity index (χ4v) is 2.24. The fraction of sp³-hybridized carbons (Fsp3) is 0.158. The molecule has 1 N–H and O–H groups in total. The Bertz CT molecular complexity index is 869. The lowest BCUT2D eigenvalue weighted by Gasteiger charge is -2.08. The van der Waals surface area contributed by atoms with Gasteiger partial charge in [0, 0.05) is 11.1 Å². The third-order valence-corrected chi connectivity index (χ3v) is 3.61. The molecule has 0 saturated heterocycles. The zero-order chi connectivity index (χ0) is 19.8. The number of rotatable bonds is 7. The van der Waals surface area contributed by atoms with Gasteiger partial charge >= 0.3 is 5.97 Å². The number of hydrogen-bond acceptors (Lipinski definition) is 5. The van der Waals surface area contributed by atoms with Crippen molar-refractivity contribution in [3.8, 4) is 11.5 Å². The van der Waals surface area contributed by atoms with Crippen molar-refractivity contribution in [2.45, 2.75) is 0 Å². The standard InChI is InChI=1S/C19H17ClFNO5/c1-25-16-7-3-12(9-17(16)26-2)4-8-19(24)27-11-18(23)22-15-6-5-13(20)10-14(15)21/h3-10H,11H2,1-2H3,(H,22,23). The first kappa shape index (κ1) is 20.3. The highest BCUT2D eigenvalue weighted by Crippen LogP contribution is 2.28. The molecule has 2 aromatic rings. The molecule has 2 rings (SSSR count). The molecule has 0 aliphatic rings. The van der Waals surface area contributed by atoms with E-state index in [1.54, 1.807) is 18.2 Å². The summed E-state index contributed by atoms with van der Waals surface area (Å²) in [5.41, 5.74) is 0.624. The molecule has 142 valence electrons. The molecule has 0 aliphatic carbocycles. The minimum atomic E-state index is -0.725. The van der Waals surface area contributed by atoms with Crippen molar-refractivity contribution < 1.29 is 28.2 Å². The number of benzene rings is 2.